The van der Waals surface area contributed by atoms with Crippen LogP contribution >= 0.6 is 0 Å². The Morgan fingerprint density at radius 1 is 1.00 bits per heavy atom. The highest BCUT2D eigenvalue weighted by Crippen LogP contribution is 2.24. The molecule has 1 amide bonds. The first-order chi connectivity index (χ1) is 17.5. The number of aromatic nitrogens is 4. The topological polar surface area (TPSA) is 116 Å². The molecule has 0 saturated heterocycles. The van der Waals surface area contributed by atoms with Gasteiger partial charge in [0.25, 0.3) is 0 Å². The van der Waals surface area contributed by atoms with Crippen molar-refractivity contribution in [3.05, 3.63) is 83.7 Å². The van der Waals surface area contributed by atoms with E-state index in [1.165, 1.54) is 0 Å². The Morgan fingerprint density at radius 3 is 2.27 bits per heavy atom. The lowest BCUT2D eigenvalue weighted by molar-refractivity contribution is -0.115. The summed E-state index contributed by atoms with van der Waals surface area (Å²) in [7, 11) is -3.34. The molecule has 10 heteroatoms. The normalized spacial score (nSPS) is 11.5. The van der Waals surface area contributed by atoms with Crippen molar-refractivity contribution in [1.82, 2.24) is 19.5 Å². The fourth-order valence-electron chi connectivity index (χ4n) is 3.62. The van der Waals surface area contributed by atoms with Gasteiger partial charge in [0.05, 0.1) is 22.3 Å². The number of sulfone groups is 1. The standard InChI is InChI=1S/C27H29N5O4S/c1-17(2)37(34,35)24-12-6-21(7-13-24)14-26(33)31-22-8-10-23(11-9-22)36-27-15-25(29-20(5)30-27)32-16-28-18(3)19(32)4/h6-13,15-17H,14H2,1-5H3,(H,31,33). The number of aryl methyl sites for hydroxylation is 2. The van der Waals surface area contributed by atoms with Crippen molar-refractivity contribution in [3.8, 4) is 17.4 Å². The number of anilines is 1. The summed E-state index contributed by atoms with van der Waals surface area (Å²) < 4.78 is 32.3. The van der Waals surface area contributed by atoms with Crippen molar-refractivity contribution < 1.29 is 17.9 Å². The van der Waals surface area contributed by atoms with Crippen molar-refractivity contribution in [1.29, 1.82) is 0 Å². The van der Waals surface area contributed by atoms with Gasteiger partial charge in [-0.3, -0.25) is 9.36 Å². The van der Waals surface area contributed by atoms with Crippen LogP contribution in [0, 0.1) is 20.8 Å². The first-order valence-corrected chi connectivity index (χ1v) is 13.3. The SMILES string of the molecule is Cc1nc(Oc2ccc(NC(=O)Cc3ccc(S(=O)(=O)C(C)C)cc3)cc2)cc(-n2cnc(C)c2C)n1. The molecule has 0 spiro atoms. The minimum Gasteiger partial charge on any atom is -0.439 e. The molecule has 0 fully saturated rings. The van der Waals surface area contributed by atoms with Crippen LogP contribution in [-0.4, -0.2) is 39.1 Å². The van der Waals surface area contributed by atoms with Crippen LogP contribution in [0.15, 0.2) is 65.8 Å². The van der Waals surface area contributed by atoms with Crippen LogP contribution in [0.4, 0.5) is 5.69 Å². The van der Waals surface area contributed by atoms with E-state index in [9.17, 15) is 13.2 Å². The van der Waals surface area contributed by atoms with E-state index >= 15 is 0 Å². The number of imidazole rings is 1. The van der Waals surface area contributed by atoms with Crippen LogP contribution < -0.4 is 10.1 Å². The molecule has 0 saturated carbocycles. The predicted molar refractivity (Wildman–Crippen MR) is 141 cm³/mol. The largest absolute Gasteiger partial charge is 0.439 e. The lowest BCUT2D eigenvalue weighted by atomic mass is 10.1. The molecule has 0 atom stereocenters. The van der Waals surface area contributed by atoms with E-state index in [-0.39, 0.29) is 17.2 Å². The molecule has 0 radical (unpaired) electrons. The molecular weight excluding hydrogens is 490 g/mol. The Balaban J connectivity index is 1.39. The van der Waals surface area contributed by atoms with E-state index in [4.69, 9.17) is 4.74 Å². The fourth-order valence-corrected chi connectivity index (χ4v) is 4.68. The molecule has 0 unspecified atom stereocenters. The third-order valence-electron chi connectivity index (χ3n) is 5.90. The predicted octanol–water partition coefficient (Wildman–Crippen LogP) is 4.74. The summed E-state index contributed by atoms with van der Waals surface area (Å²) in [6.07, 6.45) is 1.84. The molecule has 4 aromatic rings. The van der Waals surface area contributed by atoms with Crippen LogP contribution in [0.3, 0.4) is 0 Å². The maximum Gasteiger partial charge on any atom is 0.228 e. The lowest BCUT2D eigenvalue weighted by Gasteiger charge is -2.11. The van der Waals surface area contributed by atoms with Crippen LogP contribution in [0.1, 0.15) is 36.6 Å². The second-order valence-corrected chi connectivity index (χ2v) is 11.5. The van der Waals surface area contributed by atoms with Crippen LogP contribution in [-0.2, 0) is 21.1 Å². The zero-order chi connectivity index (χ0) is 26.7. The Labute approximate surface area is 216 Å². The van der Waals surface area contributed by atoms with Gasteiger partial charge in [0.1, 0.15) is 23.7 Å². The summed E-state index contributed by atoms with van der Waals surface area (Å²) in [6, 6.07) is 15.1. The summed E-state index contributed by atoms with van der Waals surface area (Å²) in [4.78, 5) is 25.9. The lowest BCUT2D eigenvalue weighted by Crippen LogP contribution is -2.15. The minimum absolute atomic E-state index is 0.121. The number of nitrogens with one attached hydrogen (secondary N) is 1. The van der Waals surface area contributed by atoms with Gasteiger partial charge in [-0.05, 0) is 76.6 Å². The van der Waals surface area contributed by atoms with Gasteiger partial charge in [-0.2, -0.15) is 4.98 Å². The molecular formula is C27H29N5O4S. The molecule has 2 heterocycles. The monoisotopic (exact) mass is 519 g/mol. The van der Waals surface area contributed by atoms with Gasteiger partial charge in [-0.1, -0.05) is 12.1 Å². The third kappa shape index (κ3) is 6.03. The molecule has 37 heavy (non-hydrogen) atoms. The number of carbonyl (C=O) groups excluding carboxylic acids is 1. The fraction of sp³-hybridized carbons (Fsp3) is 0.259. The molecule has 9 nitrogen and oxygen atoms in total. The first kappa shape index (κ1) is 26.0. The van der Waals surface area contributed by atoms with E-state index in [1.54, 1.807) is 81.7 Å². The van der Waals surface area contributed by atoms with Crippen LogP contribution in [0.2, 0.25) is 0 Å². The second kappa shape index (κ2) is 10.5. The number of amides is 1. The molecule has 2 aromatic carbocycles. The van der Waals surface area contributed by atoms with Gasteiger partial charge in [0.15, 0.2) is 9.84 Å². The van der Waals surface area contributed by atoms with Gasteiger partial charge < -0.3 is 10.1 Å². The molecule has 0 aliphatic heterocycles. The summed E-state index contributed by atoms with van der Waals surface area (Å²) in [5.74, 6) is 1.97. The molecule has 192 valence electrons. The van der Waals surface area contributed by atoms with E-state index in [0.29, 0.717) is 29.0 Å². The molecule has 1 N–H and O–H groups in total. The van der Waals surface area contributed by atoms with Gasteiger partial charge in [0.2, 0.25) is 11.8 Å². The zero-order valence-corrected chi connectivity index (χ0v) is 22.2. The maximum atomic E-state index is 12.5. The number of hydrogen-bond acceptors (Lipinski definition) is 7. The smallest absolute Gasteiger partial charge is 0.228 e. The second-order valence-electron chi connectivity index (χ2n) is 8.99. The number of rotatable bonds is 8. The Morgan fingerprint density at radius 2 is 1.68 bits per heavy atom. The molecule has 0 aliphatic rings. The van der Waals surface area contributed by atoms with Crippen molar-refractivity contribution in [2.75, 3.05) is 5.32 Å². The summed E-state index contributed by atoms with van der Waals surface area (Å²) in [5, 5.41) is 2.34. The quantitative estimate of drug-likeness (QED) is 0.357. The Hall–Kier alpha value is -4.05. The summed E-state index contributed by atoms with van der Waals surface area (Å²) >= 11 is 0. The van der Waals surface area contributed by atoms with E-state index in [2.05, 4.69) is 20.3 Å². The van der Waals surface area contributed by atoms with E-state index in [0.717, 1.165) is 17.0 Å². The molecule has 4 rings (SSSR count). The zero-order valence-electron chi connectivity index (χ0n) is 21.4. The van der Waals surface area contributed by atoms with Crippen molar-refractivity contribution in [3.63, 3.8) is 0 Å². The first-order valence-electron chi connectivity index (χ1n) is 11.8. The van der Waals surface area contributed by atoms with Crippen LogP contribution in [0.5, 0.6) is 11.6 Å². The van der Waals surface area contributed by atoms with E-state index < -0.39 is 15.1 Å². The van der Waals surface area contributed by atoms with Crippen LogP contribution in [0.25, 0.3) is 5.82 Å². The minimum atomic E-state index is -3.34. The van der Waals surface area contributed by atoms with Crippen molar-refractivity contribution in [2.24, 2.45) is 0 Å². The molecule has 0 aliphatic carbocycles. The highest BCUT2D eigenvalue weighted by atomic mass is 32.2. The van der Waals surface area contributed by atoms with Gasteiger partial charge in [-0.25, -0.2) is 18.4 Å². The van der Waals surface area contributed by atoms with Crippen molar-refractivity contribution >= 4 is 21.4 Å². The highest BCUT2D eigenvalue weighted by molar-refractivity contribution is 7.92. The number of ether oxygens (including phenoxy) is 1. The number of carbonyl (C=O) groups is 1. The average Bonchev–Trinajstić information content (AvgIpc) is 3.18. The molecule has 0 bridgehead atoms. The van der Waals surface area contributed by atoms with Crippen molar-refractivity contribution in [2.45, 2.75) is 51.2 Å². The summed E-state index contributed by atoms with van der Waals surface area (Å²) in [5.41, 5.74) is 3.24. The number of benzene rings is 2. The highest BCUT2D eigenvalue weighted by Gasteiger charge is 2.19. The number of hydrogen-bond donors (Lipinski definition) is 1. The van der Waals surface area contributed by atoms with E-state index in [1.807, 2.05) is 18.4 Å². The Kier molecular flexibility index (Phi) is 7.40. The van der Waals surface area contributed by atoms with Gasteiger partial charge in [0, 0.05) is 17.4 Å². The van der Waals surface area contributed by atoms with Gasteiger partial charge in [-0.15, -0.1) is 0 Å². The average molecular weight is 520 g/mol. The third-order valence-corrected chi connectivity index (χ3v) is 8.07. The maximum absolute atomic E-state index is 12.5. The summed E-state index contributed by atoms with van der Waals surface area (Å²) in [6.45, 7) is 8.99. The Bertz CT molecular complexity index is 1530. The van der Waals surface area contributed by atoms with Gasteiger partial charge >= 0.3 is 0 Å². The molecule has 2 aromatic heterocycles. The number of nitrogens with zero attached hydrogens (tertiary/aromatic N) is 4.